The molecular formula is C9H6Cl2O2. The van der Waals surface area contributed by atoms with Gasteiger partial charge in [-0.25, -0.2) is 0 Å². The number of ether oxygens (including phenoxy) is 2. The van der Waals surface area contributed by atoms with Crippen LogP contribution in [-0.4, -0.2) is 6.61 Å². The maximum Gasteiger partial charge on any atom is 0.212 e. The van der Waals surface area contributed by atoms with Crippen molar-refractivity contribution in [3.05, 3.63) is 34.5 Å². The third kappa shape index (κ3) is 1.74. The summed E-state index contributed by atoms with van der Waals surface area (Å²) in [6, 6.07) is 7.27. The van der Waals surface area contributed by atoms with Gasteiger partial charge in [-0.2, -0.15) is 0 Å². The van der Waals surface area contributed by atoms with E-state index in [0.29, 0.717) is 16.5 Å². The molecule has 1 aromatic rings. The van der Waals surface area contributed by atoms with Crippen LogP contribution in [0.2, 0.25) is 0 Å². The van der Waals surface area contributed by atoms with Crippen molar-refractivity contribution in [2.24, 2.45) is 0 Å². The third-order valence-corrected chi connectivity index (χ3v) is 2.30. The highest BCUT2D eigenvalue weighted by atomic mass is 35.5. The third-order valence-electron chi connectivity index (χ3n) is 1.62. The van der Waals surface area contributed by atoms with Gasteiger partial charge in [-0.05, 0) is 23.7 Å². The number of hydrogen-bond donors (Lipinski definition) is 0. The molecule has 1 aliphatic heterocycles. The van der Waals surface area contributed by atoms with Crippen LogP contribution in [0, 0.1) is 0 Å². The van der Waals surface area contributed by atoms with Crippen LogP contribution < -0.4 is 9.47 Å². The van der Waals surface area contributed by atoms with E-state index in [1.54, 1.807) is 12.1 Å². The lowest BCUT2D eigenvalue weighted by atomic mass is 10.3. The molecule has 0 radical (unpaired) electrons. The number of hydrogen-bond acceptors (Lipinski definition) is 2. The molecule has 0 amide bonds. The maximum atomic E-state index is 5.76. The van der Waals surface area contributed by atoms with Crippen LogP contribution in [0.3, 0.4) is 0 Å². The molecule has 1 heterocycles. The first-order chi connectivity index (χ1) is 6.27. The average molecular weight is 217 g/mol. The number of fused-ring (bicyclic) bond motifs is 1. The quantitative estimate of drug-likeness (QED) is 0.664. The van der Waals surface area contributed by atoms with E-state index in [0.717, 1.165) is 0 Å². The minimum Gasteiger partial charge on any atom is -0.484 e. The van der Waals surface area contributed by atoms with E-state index < -0.39 is 0 Å². The van der Waals surface area contributed by atoms with E-state index in [4.69, 9.17) is 32.7 Å². The Balaban J connectivity index is 2.39. The molecule has 2 rings (SSSR count). The molecule has 0 aliphatic carbocycles. The molecule has 0 saturated heterocycles. The number of halogens is 2. The van der Waals surface area contributed by atoms with E-state index in [1.807, 2.05) is 12.1 Å². The zero-order valence-electron chi connectivity index (χ0n) is 6.59. The second-order valence-electron chi connectivity index (χ2n) is 2.52. The molecule has 0 unspecified atom stereocenters. The summed E-state index contributed by atoms with van der Waals surface area (Å²) >= 11 is 11.5. The molecule has 0 atom stereocenters. The highest BCUT2D eigenvalue weighted by Gasteiger charge is 2.14. The molecule has 0 bridgehead atoms. The Labute approximate surface area is 85.7 Å². The molecule has 68 valence electrons. The predicted octanol–water partition coefficient (Wildman–Crippen LogP) is 3.10. The molecule has 4 heteroatoms. The predicted molar refractivity (Wildman–Crippen MR) is 51.3 cm³/mol. The molecule has 1 aliphatic rings. The summed E-state index contributed by atoms with van der Waals surface area (Å²) in [5.41, 5.74) is 0. The van der Waals surface area contributed by atoms with Crippen molar-refractivity contribution in [3.63, 3.8) is 0 Å². The fourth-order valence-corrected chi connectivity index (χ4v) is 1.23. The first-order valence-corrected chi connectivity index (χ1v) is 4.47. The Morgan fingerprint density at radius 2 is 1.77 bits per heavy atom. The summed E-state index contributed by atoms with van der Waals surface area (Å²) in [7, 11) is 0. The van der Waals surface area contributed by atoms with Crippen molar-refractivity contribution in [3.8, 4) is 11.5 Å². The Bertz CT molecular complexity index is 360. The fourth-order valence-electron chi connectivity index (χ4n) is 1.00. The summed E-state index contributed by atoms with van der Waals surface area (Å²) in [6.45, 7) is 0.247. The lowest BCUT2D eigenvalue weighted by molar-refractivity contribution is 0.353. The highest BCUT2D eigenvalue weighted by molar-refractivity contribution is 6.38. The van der Waals surface area contributed by atoms with Crippen molar-refractivity contribution in [1.82, 2.24) is 0 Å². The van der Waals surface area contributed by atoms with E-state index in [9.17, 15) is 0 Å². The Hall–Kier alpha value is -0.860. The largest absolute Gasteiger partial charge is 0.484 e. The van der Waals surface area contributed by atoms with Crippen LogP contribution in [0.5, 0.6) is 11.5 Å². The molecule has 0 saturated carbocycles. The second kappa shape index (κ2) is 3.48. The lowest BCUT2D eigenvalue weighted by Crippen LogP contribution is -1.95. The van der Waals surface area contributed by atoms with Crippen LogP contribution in [0.15, 0.2) is 34.5 Å². The maximum absolute atomic E-state index is 5.76. The fraction of sp³-hybridized carbons (Fsp3) is 0.111. The molecule has 1 aromatic carbocycles. The van der Waals surface area contributed by atoms with Crippen LogP contribution in [-0.2, 0) is 0 Å². The number of rotatable bonds is 0. The van der Waals surface area contributed by atoms with Crippen molar-refractivity contribution in [2.75, 3.05) is 6.61 Å². The SMILES string of the molecule is ClC1=C(Cl)Oc2ccccc2OC1. The smallest absolute Gasteiger partial charge is 0.212 e. The van der Waals surface area contributed by atoms with Crippen LogP contribution in [0.4, 0.5) is 0 Å². The molecule has 0 aromatic heterocycles. The van der Waals surface area contributed by atoms with E-state index in [1.165, 1.54) is 0 Å². The summed E-state index contributed by atoms with van der Waals surface area (Å²) in [6.07, 6.45) is 0. The van der Waals surface area contributed by atoms with Crippen LogP contribution in [0.25, 0.3) is 0 Å². The first kappa shape index (κ1) is 8.73. The van der Waals surface area contributed by atoms with Gasteiger partial charge in [0.1, 0.15) is 11.6 Å². The van der Waals surface area contributed by atoms with Gasteiger partial charge in [-0.1, -0.05) is 23.7 Å². The minimum absolute atomic E-state index is 0.173. The van der Waals surface area contributed by atoms with Gasteiger partial charge in [0.2, 0.25) is 5.22 Å². The van der Waals surface area contributed by atoms with Gasteiger partial charge in [0.25, 0.3) is 0 Å². The van der Waals surface area contributed by atoms with Gasteiger partial charge >= 0.3 is 0 Å². The van der Waals surface area contributed by atoms with Crippen molar-refractivity contribution < 1.29 is 9.47 Å². The highest BCUT2D eigenvalue weighted by Crippen LogP contribution is 2.33. The summed E-state index contributed by atoms with van der Waals surface area (Å²) in [4.78, 5) is 0. The summed E-state index contributed by atoms with van der Waals surface area (Å²) in [5, 5.41) is 0.546. The van der Waals surface area contributed by atoms with Crippen molar-refractivity contribution in [1.29, 1.82) is 0 Å². The van der Waals surface area contributed by atoms with Gasteiger partial charge in [0.15, 0.2) is 11.5 Å². The van der Waals surface area contributed by atoms with Crippen molar-refractivity contribution in [2.45, 2.75) is 0 Å². The number of benzene rings is 1. The molecular weight excluding hydrogens is 211 g/mol. The average Bonchev–Trinajstić information content (AvgIpc) is 2.28. The lowest BCUT2D eigenvalue weighted by Gasteiger charge is -2.04. The first-order valence-electron chi connectivity index (χ1n) is 3.71. The van der Waals surface area contributed by atoms with Crippen LogP contribution in [0.1, 0.15) is 0 Å². The van der Waals surface area contributed by atoms with Gasteiger partial charge in [-0.3, -0.25) is 0 Å². The van der Waals surface area contributed by atoms with Gasteiger partial charge in [0.05, 0.1) is 0 Å². The minimum atomic E-state index is 0.173. The zero-order chi connectivity index (χ0) is 9.26. The monoisotopic (exact) mass is 216 g/mol. The van der Waals surface area contributed by atoms with Gasteiger partial charge in [-0.15, -0.1) is 0 Å². The Morgan fingerprint density at radius 3 is 2.54 bits per heavy atom. The normalized spacial score (nSPS) is 15.5. The molecule has 2 nitrogen and oxygen atoms in total. The van der Waals surface area contributed by atoms with E-state index in [2.05, 4.69) is 0 Å². The van der Waals surface area contributed by atoms with Crippen LogP contribution >= 0.6 is 23.2 Å². The standard InChI is InChI=1S/C9H6Cl2O2/c10-6-5-12-7-3-1-2-4-8(7)13-9(6)11/h1-4H,5H2. The topological polar surface area (TPSA) is 18.5 Å². The molecule has 0 spiro atoms. The molecule has 0 fully saturated rings. The second-order valence-corrected chi connectivity index (χ2v) is 3.32. The Kier molecular flexibility index (Phi) is 2.34. The van der Waals surface area contributed by atoms with Gasteiger partial charge < -0.3 is 9.47 Å². The van der Waals surface area contributed by atoms with E-state index >= 15 is 0 Å². The summed E-state index contributed by atoms with van der Waals surface area (Å²) in [5.74, 6) is 1.24. The van der Waals surface area contributed by atoms with Crippen molar-refractivity contribution >= 4 is 23.2 Å². The molecule has 0 N–H and O–H groups in total. The van der Waals surface area contributed by atoms with Gasteiger partial charge in [0, 0.05) is 0 Å². The molecule has 13 heavy (non-hydrogen) atoms. The van der Waals surface area contributed by atoms with E-state index in [-0.39, 0.29) is 11.8 Å². The Morgan fingerprint density at radius 1 is 1.08 bits per heavy atom. The number of para-hydroxylation sites is 2. The summed E-state index contributed by atoms with van der Waals surface area (Å²) < 4.78 is 10.6. The zero-order valence-corrected chi connectivity index (χ0v) is 8.10.